The van der Waals surface area contributed by atoms with Crippen LogP contribution in [0, 0.1) is 11.3 Å². The third kappa shape index (κ3) is 5.01. The largest absolute Gasteiger partial charge is 0.321 e. The molecule has 0 atom stereocenters. The Kier molecular flexibility index (Phi) is 6.02. The van der Waals surface area contributed by atoms with Gasteiger partial charge in [0.2, 0.25) is 0 Å². The summed E-state index contributed by atoms with van der Waals surface area (Å²) in [6.07, 6.45) is 0. The van der Waals surface area contributed by atoms with E-state index in [0.29, 0.717) is 12.1 Å². The molecule has 0 fully saturated rings. The fourth-order valence-electron chi connectivity index (χ4n) is 3.00. The minimum Gasteiger partial charge on any atom is -0.321 e. The van der Waals surface area contributed by atoms with Crippen molar-refractivity contribution in [3.05, 3.63) is 59.7 Å². The number of fused-ring (bicyclic) bond motifs is 1. The fourth-order valence-corrected chi connectivity index (χ4v) is 5.04. The zero-order chi connectivity index (χ0) is 24.8. The molecule has 3 aromatic rings. The van der Waals surface area contributed by atoms with Crippen molar-refractivity contribution >= 4 is 52.7 Å². The predicted molar refractivity (Wildman–Crippen MR) is 113 cm³/mol. The number of carbonyl (C=O) groups excluding carboxylic acids is 1. The van der Waals surface area contributed by atoms with Crippen molar-refractivity contribution in [2.75, 3.05) is 5.32 Å². The quantitative estimate of drug-likeness (QED) is 0.361. The number of hydrogen-bond acceptors (Lipinski definition) is 8. The Balaban J connectivity index is 2.40. The van der Waals surface area contributed by atoms with E-state index in [-0.39, 0.29) is 16.8 Å². The van der Waals surface area contributed by atoms with E-state index in [9.17, 15) is 43.7 Å². The Morgan fingerprint density at radius 2 is 1.45 bits per heavy atom. The summed E-state index contributed by atoms with van der Waals surface area (Å²) in [5.74, 6) is -0.867. The Labute approximate surface area is 187 Å². The van der Waals surface area contributed by atoms with Gasteiger partial charge in [0.15, 0.2) is 0 Å². The lowest BCUT2D eigenvalue weighted by atomic mass is 10.1. The topological polar surface area (TPSA) is 216 Å². The van der Waals surface area contributed by atoms with Crippen molar-refractivity contribution < 1.29 is 43.7 Å². The SMILES string of the molecule is N#Cc1cccc(C(=O)Nc2ccc(S(=O)(=O)O)c3cc(S(=O)(=O)O)cc(S(=O)(=O)O)c23)c1. The van der Waals surface area contributed by atoms with E-state index in [4.69, 9.17) is 5.26 Å². The fraction of sp³-hybridized carbons (Fsp3) is 0. The lowest BCUT2D eigenvalue weighted by molar-refractivity contribution is 0.102. The standard InChI is InChI=1S/C18H12N2O10S3/c19-9-10-2-1-3-11(6-10)18(21)20-14-4-5-15(32(25,26)27)13-7-12(31(22,23)24)8-16(17(13)14)33(28,29)30/h1-8H,(H,20,21)(H,22,23,24)(H,25,26,27)(H,28,29,30). The average molecular weight is 512 g/mol. The molecule has 0 saturated carbocycles. The Morgan fingerprint density at radius 3 is 2.00 bits per heavy atom. The highest BCUT2D eigenvalue weighted by Gasteiger charge is 2.27. The van der Waals surface area contributed by atoms with Gasteiger partial charge in [0.25, 0.3) is 36.3 Å². The van der Waals surface area contributed by atoms with E-state index in [1.807, 2.05) is 6.07 Å². The average Bonchev–Trinajstić information content (AvgIpc) is 2.70. The molecule has 12 nitrogen and oxygen atoms in total. The van der Waals surface area contributed by atoms with Gasteiger partial charge in [0, 0.05) is 16.3 Å². The first-order valence-electron chi connectivity index (χ1n) is 8.47. The Morgan fingerprint density at radius 1 is 0.818 bits per heavy atom. The van der Waals surface area contributed by atoms with Crippen molar-refractivity contribution in [2.24, 2.45) is 0 Å². The molecule has 172 valence electrons. The molecule has 4 N–H and O–H groups in total. The van der Waals surface area contributed by atoms with Crippen LogP contribution in [0.3, 0.4) is 0 Å². The first kappa shape index (κ1) is 24.3. The Hall–Kier alpha value is -3.39. The minimum atomic E-state index is -5.25. The highest BCUT2D eigenvalue weighted by molar-refractivity contribution is 7.87. The van der Waals surface area contributed by atoms with Gasteiger partial charge in [0.1, 0.15) is 9.79 Å². The Bertz CT molecular complexity index is 1690. The molecule has 0 aromatic heterocycles. The molecule has 0 heterocycles. The summed E-state index contributed by atoms with van der Waals surface area (Å²) in [6, 6.07) is 9.73. The third-order valence-electron chi connectivity index (χ3n) is 4.37. The van der Waals surface area contributed by atoms with Crippen LogP contribution >= 0.6 is 0 Å². The normalized spacial score (nSPS) is 12.3. The zero-order valence-electron chi connectivity index (χ0n) is 16.0. The second-order valence-corrected chi connectivity index (χ2v) is 10.7. The highest BCUT2D eigenvalue weighted by atomic mass is 32.2. The number of benzene rings is 3. The summed E-state index contributed by atoms with van der Waals surface area (Å²) in [7, 11) is -15.4. The maximum atomic E-state index is 12.7. The van der Waals surface area contributed by atoms with Crippen molar-refractivity contribution in [3.63, 3.8) is 0 Å². The second kappa shape index (κ2) is 8.19. The van der Waals surface area contributed by atoms with Crippen LogP contribution in [0.25, 0.3) is 10.8 Å². The summed E-state index contributed by atoms with van der Waals surface area (Å²) in [4.78, 5) is 9.43. The van der Waals surface area contributed by atoms with Crippen molar-refractivity contribution in [2.45, 2.75) is 14.7 Å². The monoisotopic (exact) mass is 512 g/mol. The molecule has 15 heteroatoms. The molecule has 0 saturated heterocycles. The number of nitrogens with zero attached hydrogens (tertiary/aromatic N) is 1. The molecule has 0 spiro atoms. The lowest BCUT2D eigenvalue weighted by Crippen LogP contribution is -2.14. The molecule has 3 rings (SSSR count). The first-order chi connectivity index (χ1) is 15.1. The van der Waals surface area contributed by atoms with Gasteiger partial charge in [-0.1, -0.05) is 6.07 Å². The van der Waals surface area contributed by atoms with Gasteiger partial charge in [-0.15, -0.1) is 0 Å². The van der Waals surface area contributed by atoms with Crippen LogP contribution < -0.4 is 5.32 Å². The number of anilines is 1. The van der Waals surface area contributed by atoms with E-state index >= 15 is 0 Å². The van der Waals surface area contributed by atoms with Gasteiger partial charge in [-0.2, -0.15) is 30.5 Å². The predicted octanol–water partition coefficient (Wildman–Crippen LogP) is 1.70. The van der Waals surface area contributed by atoms with Crippen molar-refractivity contribution in [1.29, 1.82) is 5.26 Å². The number of carbonyl (C=O) groups is 1. The van der Waals surface area contributed by atoms with Crippen LogP contribution in [0.15, 0.2) is 63.2 Å². The molecule has 0 aliphatic carbocycles. The molecule has 0 aliphatic heterocycles. The van der Waals surface area contributed by atoms with E-state index in [1.54, 1.807) is 0 Å². The maximum absolute atomic E-state index is 12.7. The molecule has 0 unspecified atom stereocenters. The molecular weight excluding hydrogens is 500 g/mol. The number of nitrogens with one attached hydrogen (secondary N) is 1. The van der Waals surface area contributed by atoms with E-state index < -0.39 is 61.7 Å². The van der Waals surface area contributed by atoms with Crippen LogP contribution in [0.5, 0.6) is 0 Å². The van der Waals surface area contributed by atoms with E-state index in [1.165, 1.54) is 24.3 Å². The van der Waals surface area contributed by atoms with Gasteiger partial charge in [0.05, 0.1) is 22.2 Å². The molecule has 33 heavy (non-hydrogen) atoms. The molecule has 1 amide bonds. The first-order valence-corrected chi connectivity index (χ1v) is 12.8. The van der Waals surface area contributed by atoms with Crippen LogP contribution in [0.2, 0.25) is 0 Å². The van der Waals surface area contributed by atoms with Crippen LogP contribution in [0.4, 0.5) is 5.69 Å². The highest BCUT2D eigenvalue weighted by Crippen LogP contribution is 2.37. The van der Waals surface area contributed by atoms with Crippen molar-refractivity contribution in [3.8, 4) is 6.07 Å². The van der Waals surface area contributed by atoms with Gasteiger partial charge < -0.3 is 5.32 Å². The van der Waals surface area contributed by atoms with Crippen LogP contribution in [-0.2, 0) is 30.4 Å². The van der Waals surface area contributed by atoms with Crippen LogP contribution in [0.1, 0.15) is 15.9 Å². The van der Waals surface area contributed by atoms with Crippen molar-refractivity contribution in [1.82, 2.24) is 0 Å². The lowest BCUT2D eigenvalue weighted by Gasteiger charge is -2.15. The smallest absolute Gasteiger partial charge is 0.295 e. The summed E-state index contributed by atoms with van der Waals surface area (Å²) in [6.45, 7) is 0. The molecular formula is C18H12N2O10S3. The summed E-state index contributed by atoms with van der Waals surface area (Å²) >= 11 is 0. The summed E-state index contributed by atoms with van der Waals surface area (Å²) in [5, 5.41) is 9.87. The van der Waals surface area contributed by atoms with Gasteiger partial charge in [-0.25, -0.2) is 0 Å². The van der Waals surface area contributed by atoms with Gasteiger partial charge in [-0.05, 0) is 42.5 Å². The van der Waals surface area contributed by atoms with Gasteiger partial charge in [-0.3, -0.25) is 18.5 Å². The summed E-state index contributed by atoms with van der Waals surface area (Å²) < 4.78 is 99.3. The minimum absolute atomic E-state index is 0.0379. The molecule has 0 aliphatic rings. The molecule has 0 bridgehead atoms. The number of nitriles is 1. The molecule has 3 aromatic carbocycles. The number of amides is 1. The third-order valence-corrected chi connectivity index (χ3v) is 6.99. The summed E-state index contributed by atoms with van der Waals surface area (Å²) in [5.41, 5.74) is -0.297. The number of hydrogen-bond donors (Lipinski definition) is 4. The van der Waals surface area contributed by atoms with Crippen LogP contribution in [-0.4, -0.2) is 44.8 Å². The maximum Gasteiger partial charge on any atom is 0.295 e. The van der Waals surface area contributed by atoms with Gasteiger partial charge >= 0.3 is 0 Å². The number of rotatable bonds is 5. The zero-order valence-corrected chi connectivity index (χ0v) is 18.4. The second-order valence-electron chi connectivity index (χ2n) is 6.53. The van der Waals surface area contributed by atoms with E-state index in [0.717, 1.165) is 12.1 Å². The molecule has 0 radical (unpaired) electrons. The van der Waals surface area contributed by atoms with E-state index in [2.05, 4.69) is 5.32 Å².